The number of carbonyl (C=O) groups is 1. The van der Waals surface area contributed by atoms with Crippen molar-refractivity contribution in [2.45, 2.75) is 44.8 Å². The van der Waals surface area contributed by atoms with E-state index in [0.29, 0.717) is 42.6 Å². The van der Waals surface area contributed by atoms with Crippen LogP contribution in [-0.4, -0.2) is 78.3 Å². The van der Waals surface area contributed by atoms with Gasteiger partial charge in [0.1, 0.15) is 39.5 Å². The monoisotopic (exact) mass is 519 g/mol. The summed E-state index contributed by atoms with van der Waals surface area (Å²) in [4.78, 5) is 24.9. The van der Waals surface area contributed by atoms with E-state index >= 15 is 0 Å². The van der Waals surface area contributed by atoms with E-state index in [1.165, 1.54) is 18.1 Å². The smallest absolute Gasteiger partial charge is 0.223 e. The first-order chi connectivity index (χ1) is 16.7. The van der Waals surface area contributed by atoms with Crippen LogP contribution < -0.4 is 10.1 Å². The second kappa shape index (κ2) is 9.55. The Morgan fingerprint density at radius 3 is 2.69 bits per heavy atom. The lowest BCUT2D eigenvalue weighted by Gasteiger charge is -2.47. The molecule has 3 aliphatic rings. The highest BCUT2D eigenvalue weighted by Crippen LogP contribution is 2.41. The highest BCUT2D eigenvalue weighted by molar-refractivity contribution is 7.90. The van der Waals surface area contributed by atoms with Crippen molar-refractivity contribution < 1.29 is 17.9 Å². The number of nitrogens with one attached hydrogen (secondary N) is 1. The summed E-state index contributed by atoms with van der Waals surface area (Å²) in [5.74, 6) is 1.79. The quantitative estimate of drug-likeness (QED) is 0.601. The van der Waals surface area contributed by atoms with Gasteiger partial charge in [-0.2, -0.15) is 0 Å². The van der Waals surface area contributed by atoms with Crippen molar-refractivity contribution in [2.75, 3.05) is 43.5 Å². The largest absolute Gasteiger partial charge is 0.486 e. The van der Waals surface area contributed by atoms with Gasteiger partial charge >= 0.3 is 0 Å². The Bertz CT molecular complexity index is 1240. The molecule has 4 heterocycles. The molecular weight excluding hydrogens is 490 g/mol. The van der Waals surface area contributed by atoms with Gasteiger partial charge in [-0.1, -0.05) is 17.7 Å². The number of sulfone groups is 1. The summed E-state index contributed by atoms with van der Waals surface area (Å²) >= 11 is 6.24. The first-order valence-electron chi connectivity index (χ1n) is 11.9. The second-order valence-corrected chi connectivity index (χ2v) is 12.4. The van der Waals surface area contributed by atoms with E-state index in [-0.39, 0.29) is 18.1 Å². The third-order valence-corrected chi connectivity index (χ3v) is 8.49. The normalized spacial score (nSPS) is 19.1. The van der Waals surface area contributed by atoms with Crippen LogP contribution in [0.3, 0.4) is 0 Å². The Morgan fingerprint density at radius 1 is 1.23 bits per heavy atom. The van der Waals surface area contributed by atoms with Gasteiger partial charge in [-0.15, -0.1) is 0 Å². The number of carbonyl (C=O) groups excluding carboxylic acids is 1. The fourth-order valence-electron chi connectivity index (χ4n) is 5.14. The van der Waals surface area contributed by atoms with E-state index in [1.54, 1.807) is 4.90 Å². The molecule has 5 rings (SSSR count). The molecule has 2 saturated heterocycles. The van der Waals surface area contributed by atoms with Crippen LogP contribution in [0.25, 0.3) is 0 Å². The van der Waals surface area contributed by atoms with E-state index in [0.717, 1.165) is 48.5 Å². The predicted molar refractivity (Wildman–Crippen MR) is 134 cm³/mol. The molecule has 11 heteroatoms. The van der Waals surface area contributed by atoms with Crippen molar-refractivity contribution in [3.63, 3.8) is 0 Å². The molecule has 0 unspecified atom stereocenters. The number of rotatable bonds is 5. The van der Waals surface area contributed by atoms with Crippen molar-refractivity contribution in [1.29, 1.82) is 0 Å². The van der Waals surface area contributed by atoms with Gasteiger partial charge in [-0.3, -0.25) is 9.69 Å². The summed E-state index contributed by atoms with van der Waals surface area (Å²) in [5, 5.41) is 3.79. The Hall–Kier alpha value is -2.43. The number of amides is 1. The molecule has 0 aliphatic carbocycles. The Kier molecular flexibility index (Phi) is 6.63. The maximum Gasteiger partial charge on any atom is 0.223 e. The highest BCUT2D eigenvalue weighted by Gasteiger charge is 2.36. The molecule has 188 valence electrons. The summed E-state index contributed by atoms with van der Waals surface area (Å²) < 4.78 is 28.7. The zero-order valence-electron chi connectivity index (χ0n) is 20.0. The first-order valence-corrected chi connectivity index (χ1v) is 14.3. The number of aromatic nitrogens is 2. The summed E-state index contributed by atoms with van der Waals surface area (Å²) in [6.45, 7) is 5.72. The zero-order valence-corrected chi connectivity index (χ0v) is 21.5. The van der Waals surface area contributed by atoms with Crippen molar-refractivity contribution in [3.05, 3.63) is 40.3 Å². The van der Waals surface area contributed by atoms with Gasteiger partial charge in [0.2, 0.25) is 5.91 Å². The SMILES string of the molecule is Cc1cc(C2CCN(C3CN(C(=O)CCS(C)(=O)=O)C3)CC2)cc2c1OCc1c(Cl)ncnc1N2. The topological polar surface area (TPSA) is 105 Å². The minimum atomic E-state index is -3.11. The van der Waals surface area contributed by atoms with Crippen LogP contribution >= 0.6 is 11.6 Å². The molecule has 0 bridgehead atoms. The van der Waals surface area contributed by atoms with Crippen LogP contribution in [0.1, 0.15) is 41.9 Å². The predicted octanol–water partition coefficient (Wildman–Crippen LogP) is 2.90. The minimum absolute atomic E-state index is 0.0649. The van der Waals surface area contributed by atoms with Gasteiger partial charge < -0.3 is 15.0 Å². The molecule has 35 heavy (non-hydrogen) atoms. The summed E-state index contributed by atoms with van der Waals surface area (Å²) in [6, 6.07) is 4.75. The van der Waals surface area contributed by atoms with Gasteiger partial charge in [0.25, 0.3) is 0 Å². The molecule has 3 aliphatic heterocycles. The number of nitrogens with zero attached hydrogens (tertiary/aromatic N) is 4. The first kappa shape index (κ1) is 24.3. The van der Waals surface area contributed by atoms with Gasteiger partial charge in [0.05, 0.1) is 17.0 Å². The molecule has 1 N–H and O–H groups in total. The van der Waals surface area contributed by atoms with E-state index in [1.807, 2.05) is 0 Å². The average Bonchev–Trinajstić information content (AvgIpc) is 2.97. The number of halogens is 1. The lowest BCUT2D eigenvalue weighted by atomic mass is 9.87. The summed E-state index contributed by atoms with van der Waals surface area (Å²) in [5.41, 5.74) is 4.01. The average molecular weight is 520 g/mol. The number of anilines is 2. The fraction of sp³-hybridized carbons (Fsp3) is 0.542. The molecule has 0 radical (unpaired) electrons. The van der Waals surface area contributed by atoms with Gasteiger partial charge in [0.15, 0.2) is 0 Å². The number of aryl methyl sites for hydroxylation is 1. The van der Waals surface area contributed by atoms with Crippen molar-refractivity contribution >= 4 is 38.9 Å². The van der Waals surface area contributed by atoms with Crippen LogP contribution in [0, 0.1) is 6.92 Å². The molecule has 2 fully saturated rings. The van der Waals surface area contributed by atoms with Crippen LogP contribution in [-0.2, 0) is 21.2 Å². The van der Waals surface area contributed by atoms with Crippen molar-refractivity contribution in [1.82, 2.24) is 19.8 Å². The molecular formula is C24H30ClN5O4S. The highest BCUT2D eigenvalue weighted by atomic mass is 35.5. The standard InChI is InChI=1S/C24H30ClN5O4S/c1-15-9-17(10-20-22(15)34-13-19-23(25)26-14-27-24(19)28-20)16-3-6-29(7-4-16)18-11-30(12-18)21(31)5-8-35(2,32)33/h9-10,14,16,18H,3-8,11-13H2,1-2H3,(H,26,27,28). The minimum Gasteiger partial charge on any atom is -0.486 e. The Balaban J connectivity index is 1.19. The molecule has 0 saturated carbocycles. The molecule has 1 amide bonds. The molecule has 1 aromatic carbocycles. The van der Waals surface area contributed by atoms with Crippen LogP contribution in [0.15, 0.2) is 18.5 Å². The molecule has 0 spiro atoms. The lowest BCUT2D eigenvalue weighted by Crippen LogP contribution is -2.62. The number of benzene rings is 1. The van der Waals surface area contributed by atoms with Crippen LogP contribution in [0.2, 0.25) is 5.15 Å². The van der Waals surface area contributed by atoms with Gasteiger partial charge in [-0.25, -0.2) is 18.4 Å². The number of hydrogen-bond donors (Lipinski definition) is 1. The summed E-state index contributed by atoms with van der Waals surface area (Å²) in [6.07, 6.45) is 4.78. The third-order valence-electron chi connectivity index (χ3n) is 7.22. The zero-order chi connectivity index (χ0) is 24.7. The number of fused-ring (bicyclic) bond motifs is 2. The third kappa shape index (κ3) is 5.24. The van der Waals surface area contributed by atoms with E-state index in [9.17, 15) is 13.2 Å². The number of piperidine rings is 1. The van der Waals surface area contributed by atoms with Crippen LogP contribution in [0.5, 0.6) is 5.75 Å². The molecule has 1 aromatic heterocycles. The molecule has 2 aromatic rings. The van der Waals surface area contributed by atoms with Crippen molar-refractivity contribution in [3.8, 4) is 5.75 Å². The maximum absolute atomic E-state index is 12.2. The Morgan fingerprint density at radius 2 is 1.97 bits per heavy atom. The van der Waals surface area contributed by atoms with E-state index < -0.39 is 9.84 Å². The van der Waals surface area contributed by atoms with Gasteiger partial charge in [0, 0.05) is 31.8 Å². The van der Waals surface area contributed by atoms with Crippen molar-refractivity contribution in [2.24, 2.45) is 0 Å². The lowest BCUT2D eigenvalue weighted by molar-refractivity contribution is -0.138. The molecule has 9 nitrogen and oxygen atoms in total. The second-order valence-electron chi connectivity index (χ2n) is 9.76. The molecule has 0 atom stereocenters. The number of likely N-dealkylation sites (tertiary alicyclic amines) is 2. The number of ether oxygens (including phenoxy) is 1. The van der Waals surface area contributed by atoms with E-state index in [2.05, 4.69) is 39.2 Å². The summed E-state index contributed by atoms with van der Waals surface area (Å²) in [7, 11) is -3.11. The van der Waals surface area contributed by atoms with E-state index in [4.69, 9.17) is 16.3 Å². The Labute approximate surface area is 210 Å². The number of hydrogen-bond acceptors (Lipinski definition) is 8. The fourth-order valence-corrected chi connectivity index (χ4v) is 5.87. The maximum atomic E-state index is 12.2. The van der Waals surface area contributed by atoms with Crippen LogP contribution in [0.4, 0.5) is 11.5 Å². The van der Waals surface area contributed by atoms with Gasteiger partial charge in [-0.05, 0) is 56.0 Å².